The molecule has 1 unspecified atom stereocenters. The third-order valence-electron chi connectivity index (χ3n) is 2.21. The Balaban J connectivity index is 3.16. The second-order valence-corrected chi connectivity index (χ2v) is 4.27. The zero-order valence-electron chi connectivity index (χ0n) is 8.71. The summed E-state index contributed by atoms with van der Waals surface area (Å²) in [6, 6.07) is 0.574. The lowest BCUT2D eigenvalue weighted by molar-refractivity contribution is -0.140. The van der Waals surface area contributed by atoms with Gasteiger partial charge in [-0.15, -0.1) is 0 Å². The van der Waals surface area contributed by atoms with Gasteiger partial charge in [0.05, 0.1) is 10.9 Å². The molecule has 1 aromatic carbocycles. The van der Waals surface area contributed by atoms with Crippen LogP contribution in [0, 0.1) is 11.6 Å². The number of rotatable bonds is 3. The number of alkyl halides is 3. The minimum atomic E-state index is -4.51. The van der Waals surface area contributed by atoms with Gasteiger partial charge < -0.3 is 5.32 Å². The number of hydrogen-bond donors (Lipinski definition) is 1. The lowest BCUT2D eigenvalue weighted by Gasteiger charge is -2.20. The van der Waals surface area contributed by atoms with Crippen molar-refractivity contribution in [3.63, 3.8) is 0 Å². The number of hydrogen-bond acceptors (Lipinski definition) is 1. The molecule has 0 aliphatic rings. The van der Waals surface area contributed by atoms with Gasteiger partial charge >= 0.3 is 6.18 Å². The molecule has 0 amide bonds. The predicted octanol–water partition coefficient (Wildman–Crippen LogP) is 3.94. The van der Waals surface area contributed by atoms with Crippen LogP contribution in [0.2, 0.25) is 0 Å². The van der Waals surface area contributed by atoms with Gasteiger partial charge in [-0.1, -0.05) is 0 Å². The van der Waals surface area contributed by atoms with Crippen molar-refractivity contribution in [1.82, 2.24) is 5.32 Å². The minimum Gasteiger partial charge on any atom is -0.313 e. The Morgan fingerprint density at radius 1 is 1.29 bits per heavy atom. The van der Waals surface area contributed by atoms with Gasteiger partial charge in [0.1, 0.15) is 11.6 Å². The van der Waals surface area contributed by atoms with Crippen LogP contribution >= 0.6 is 15.9 Å². The summed E-state index contributed by atoms with van der Waals surface area (Å²) in [5.74, 6) is -2.03. The van der Waals surface area contributed by atoms with Gasteiger partial charge in [0.2, 0.25) is 0 Å². The molecule has 1 rings (SSSR count). The van der Waals surface area contributed by atoms with Crippen LogP contribution in [0.15, 0.2) is 16.6 Å². The van der Waals surface area contributed by atoms with Gasteiger partial charge in [0.15, 0.2) is 0 Å². The largest absolute Gasteiger partial charge is 0.390 e. The van der Waals surface area contributed by atoms with Crippen molar-refractivity contribution < 1.29 is 22.0 Å². The molecule has 0 aliphatic heterocycles. The highest BCUT2D eigenvalue weighted by atomic mass is 79.9. The van der Waals surface area contributed by atoms with Crippen molar-refractivity contribution in [2.75, 3.05) is 7.05 Å². The Morgan fingerprint density at radius 2 is 1.88 bits per heavy atom. The topological polar surface area (TPSA) is 12.0 Å². The van der Waals surface area contributed by atoms with E-state index in [0.29, 0.717) is 0 Å². The Hall–Kier alpha value is -0.690. The summed E-state index contributed by atoms with van der Waals surface area (Å²) in [5, 5.41) is 2.26. The predicted molar refractivity (Wildman–Crippen MR) is 56.5 cm³/mol. The lowest BCUT2D eigenvalue weighted by atomic mass is 10.0. The Morgan fingerprint density at radius 3 is 2.35 bits per heavy atom. The summed E-state index contributed by atoms with van der Waals surface area (Å²) >= 11 is 2.81. The second-order valence-electron chi connectivity index (χ2n) is 3.42. The van der Waals surface area contributed by atoms with Crippen LogP contribution in [0.3, 0.4) is 0 Å². The fraction of sp³-hybridized carbons (Fsp3) is 0.400. The van der Waals surface area contributed by atoms with E-state index in [0.717, 1.165) is 12.1 Å². The molecule has 0 heterocycles. The second kappa shape index (κ2) is 5.30. The maximum Gasteiger partial charge on any atom is 0.390 e. The summed E-state index contributed by atoms with van der Waals surface area (Å²) in [4.78, 5) is 0. The van der Waals surface area contributed by atoms with Crippen LogP contribution < -0.4 is 5.32 Å². The number of benzene rings is 1. The van der Waals surface area contributed by atoms with Gasteiger partial charge in [-0.05, 0) is 35.1 Å². The van der Waals surface area contributed by atoms with Crippen molar-refractivity contribution in [2.24, 2.45) is 0 Å². The summed E-state index contributed by atoms with van der Waals surface area (Å²) in [6.45, 7) is 0. The van der Waals surface area contributed by atoms with Gasteiger partial charge in [0, 0.05) is 11.6 Å². The average molecular weight is 318 g/mol. The molecule has 0 radical (unpaired) electrons. The molecular formula is C10H9BrF5N. The molecule has 0 bridgehead atoms. The molecule has 96 valence electrons. The molecule has 17 heavy (non-hydrogen) atoms. The zero-order valence-corrected chi connectivity index (χ0v) is 10.3. The first-order chi connectivity index (χ1) is 7.76. The van der Waals surface area contributed by atoms with E-state index in [-0.39, 0.29) is 4.47 Å². The van der Waals surface area contributed by atoms with E-state index in [9.17, 15) is 22.0 Å². The number of nitrogens with one attached hydrogen (secondary N) is 1. The minimum absolute atomic E-state index is 0.0728. The molecule has 1 atom stereocenters. The van der Waals surface area contributed by atoms with Crippen molar-refractivity contribution in [2.45, 2.75) is 18.6 Å². The first-order valence-electron chi connectivity index (χ1n) is 4.63. The molecule has 0 saturated carbocycles. The molecule has 0 saturated heterocycles. The molecule has 1 N–H and O–H groups in total. The summed E-state index contributed by atoms with van der Waals surface area (Å²) in [6.07, 6.45) is -5.84. The van der Waals surface area contributed by atoms with Gasteiger partial charge in [-0.3, -0.25) is 0 Å². The third-order valence-corrected chi connectivity index (χ3v) is 2.82. The van der Waals surface area contributed by atoms with E-state index in [2.05, 4.69) is 21.2 Å². The fourth-order valence-electron chi connectivity index (χ4n) is 1.44. The van der Waals surface area contributed by atoms with E-state index in [1.807, 2.05) is 0 Å². The Bertz CT molecular complexity index is 404. The monoisotopic (exact) mass is 317 g/mol. The summed E-state index contributed by atoms with van der Waals surface area (Å²) in [5.41, 5.74) is -0.612. The first-order valence-corrected chi connectivity index (χ1v) is 5.43. The van der Waals surface area contributed by atoms with Crippen LogP contribution in [0.4, 0.5) is 22.0 Å². The van der Waals surface area contributed by atoms with Crippen molar-refractivity contribution in [3.8, 4) is 0 Å². The SMILES string of the molecule is CNC(CC(F)(F)F)c1c(F)ccc(Br)c1F. The van der Waals surface area contributed by atoms with Crippen molar-refractivity contribution in [1.29, 1.82) is 0 Å². The molecular weight excluding hydrogens is 309 g/mol. The van der Waals surface area contributed by atoms with Crippen LogP contribution in [-0.2, 0) is 0 Å². The Kier molecular flexibility index (Phi) is 4.48. The highest BCUT2D eigenvalue weighted by molar-refractivity contribution is 9.10. The molecule has 0 fully saturated rings. The lowest BCUT2D eigenvalue weighted by Crippen LogP contribution is -2.25. The van der Waals surface area contributed by atoms with Crippen LogP contribution in [0.1, 0.15) is 18.0 Å². The van der Waals surface area contributed by atoms with E-state index in [4.69, 9.17) is 0 Å². The average Bonchev–Trinajstić information content (AvgIpc) is 2.21. The van der Waals surface area contributed by atoms with E-state index in [1.165, 1.54) is 7.05 Å². The first kappa shape index (κ1) is 14.4. The molecule has 1 nitrogen and oxygen atoms in total. The van der Waals surface area contributed by atoms with E-state index >= 15 is 0 Å². The highest BCUT2D eigenvalue weighted by Crippen LogP contribution is 2.33. The van der Waals surface area contributed by atoms with Gasteiger partial charge in [-0.2, -0.15) is 13.2 Å². The van der Waals surface area contributed by atoms with Crippen molar-refractivity contribution in [3.05, 3.63) is 33.8 Å². The molecule has 1 aromatic rings. The Labute approximate surface area is 103 Å². The molecule has 0 aliphatic carbocycles. The van der Waals surface area contributed by atoms with Crippen LogP contribution in [0.25, 0.3) is 0 Å². The zero-order chi connectivity index (χ0) is 13.2. The molecule has 0 spiro atoms. The van der Waals surface area contributed by atoms with Crippen molar-refractivity contribution >= 4 is 15.9 Å². The van der Waals surface area contributed by atoms with Crippen LogP contribution in [-0.4, -0.2) is 13.2 Å². The van der Waals surface area contributed by atoms with E-state index < -0.39 is 35.8 Å². The highest BCUT2D eigenvalue weighted by Gasteiger charge is 2.34. The normalized spacial score (nSPS) is 13.8. The maximum absolute atomic E-state index is 13.6. The summed E-state index contributed by atoms with van der Waals surface area (Å²) < 4.78 is 63.6. The third kappa shape index (κ3) is 3.64. The number of halogens is 6. The quantitative estimate of drug-likeness (QED) is 0.657. The molecule has 0 aromatic heterocycles. The summed E-state index contributed by atoms with van der Waals surface area (Å²) in [7, 11) is 1.22. The van der Waals surface area contributed by atoms with Gasteiger partial charge in [0.25, 0.3) is 0 Å². The fourth-order valence-corrected chi connectivity index (χ4v) is 1.79. The smallest absolute Gasteiger partial charge is 0.313 e. The standard InChI is InChI=1S/C10H9BrF5N/c1-17-7(4-10(14,15)16)8-6(12)3-2-5(11)9(8)13/h2-3,7,17H,4H2,1H3. The van der Waals surface area contributed by atoms with Crippen LogP contribution in [0.5, 0.6) is 0 Å². The molecule has 7 heteroatoms. The van der Waals surface area contributed by atoms with Gasteiger partial charge in [-0.25, -0.2) is 8.78 Å². The van der Waals surface area contributed by atoms with E-state index in [1.54, 1.807) is 0 Å². The maximum atomic E-state index is 13.6.